The SMILES string of the molecule is Cc1ccc(S(=O)(=O)N[C@H](c2ccccc2)c2nccn2C)c(C)c1. The van der Waals surface area contributed by atoms with Crippen molar-refractivity contribution in [1.29, 1.82) is 0 Å². The van der Waals surface area contributed by atoms with Crippen LogP contribution in [0.1, 0.15) is 28.6 Å². The topological polar surface area (TPSA) is 64.0 Å². The lowest BCUT2D eigenvalue weighted by atomic mass is 10.1. The molecule has 0 radical (unpaired) electrons. The summed E-state index contributed by atoms with van der Waals surface area (Å²) in [5.41, 5.74) is 2.59. The van der Waals surface area contributed by atoms with E-state index in [-0.39, 0.29) is 4.90 Å². The first-order valence-electron chi connectivity index (χ1n) is 8.00. The predicted octanol–water partition coefficient (Wildman–Crippen LogP) is 3.10. The van der Waals surface area contributed by atoms with Crippen LogP contribution in [0.25, 0.3) is 0 Å². The van der Waals surface area contributed by atoms with Crippen LogP contribution in [0.4, 0.5) is 0 Å². The normalized spacial score (nSPS) is 12.9. The van der Waals surface area contributed by atoms with E-state index in [0.29, 0.717) is 5.82 Å². The van der Waals surface area contributed by atoms with Gasteiger partial charge in [0.25, 0.3) is 0 Å². The highest BCUT2D eigenvalue weighted by molar-refractivity contribution is 7.89. The number of hydrogen-bond donors (Lipinski definition) is 1. The van der Waals surface area contributed by atoms with Crippen molar-refractivity contribution in [2.45, 2.75) is 24.8 Å². The van der Waals surface area contributed by atoms with Gasteiger partial charge in [0.15, 0.2) is 0 Å². The Balaban J connectivity index is 2.05. The largest absolute Gasteiger partial charge is 0.336 e. The monoisotopic (exact) mass is 355 g/mol. The highest BCUT2D eigenvalue weighted by Crippen LogP contribution is 2.24. The van der Waals surface area contributed by atoms with Gasteiger partial charge in [-0.3, -0.25) is 0 Å². The van der Waals surface area contributed by atoms with Crippen molar-refractivity contribution in [3.63, 3.8) is 0 Å². The fourth-order valence-electron chi connectivity index (χ4n) is 2.89. The molecule has 0 amide bonds. The third-order valence-corrected chi connectivity index (χ3v) is 5.73. The third kappa shape index (κ3) is 3.65. The Kier molecular flexibility index (Phi) is 4.74. The molecule has 6 heteroatoms. The smallest absolute Gasteiger partial charge is 0.241 e. The van der Waals surface area contributed by atoms with E-state index in [9.17, 15) is 8.42 Å². The predicted molar refractivity (Wildman–Crippen MR) is 97.7 cm³/mol. The summed E-state index contributed by atoms with van der Waals surface area (Å²) in [4.78, 5) is 4.63. The summed E-state index contributed by atoms with van der Waals surface area (Å²) in [6.45, 7) is 3.75. The van der Waals surface area contributed by atoms with E-state index in [0.717, 1.165) is 16.7 Å². The molecule has 0 saturated heterocycles. The van der Waals surface area contributed by atoms with E-state index in [1.165, 1.54) is 0 Å². The fraction of sp³-hybridized carbons (Fsp3) is 0.211. The summed E-state index contributed by atoms with van der Waals surface area (Å²) in [6.07, 6.45) is 3.47. The first-order chi connectivity index (χ1) is 11.9. The minimum atomic E-state index is -3.70. The summed E-state index contributed by atoms with van der Waals surface area (Å²) in [5, 5.41) is 0. The molecule has 5 nitrogen and oxygen atoms in total. The van der Waals surface area contributed by atoms with Crippen molar-refractivity contribution >= 4 is 10.0 Å². The van der Waals surface area contributed by atoms with Gasteiger partial charge in [0, 0.05) is 19.4 Å². The molecule has 0 bridgehead atoms. The van der Waals surface area contributed by atoms with Crippen molar-refractivity contribution < 1.29 is 8.42 Å². The van der Waals surface area contributed by atoms with E-state index in [1.807, 2.05) is 54.9 Å². The molecular weight excluding hydrogens is 334 g/mol. The molecule has 1 aromatic heterocycles. The van der Waals surface area contributed by atoms with Crippen molar-refractivity contribution in [3.8, 4) is 0 Å². The molecule has 1 heterocycles. The van der Waals surface area contributed by atoms with Crippen LogP contribution in [-0.2, 0) is 17.1 Å². The standard InChI is InChI=1S/C19H21N3O2S/c1-14-9-10-17(15(2)13-14)25(23,24)21-18(16-7-5-4-6-8-16)19-20-11-12-22(19)3/h4-13,18,21H,1-3H3/t18-/m1/s1. The van der Waals surface area contributed by atoms with Crippen LogP contribution in [0.15, 0.2) is 65.8 Å². The molecular formula is C19H21N3O2S. The van der Waals surface area contributed by atoms with Gasteiger partial charge in [-0.15, -0.1) is 0 Å². The van der Waals surface area contributed by atoms with Gasteiger partial charge in [0.1, 0.15) is 11.9 Å². The number of benzene rings is 2. The molecule has 0 spiro atoms. The molecule has 0 aliphatic carbocycles. The lowest BCUT2D eigenvalue weighted by molar-refractivity contribution is 0.562. The van der Waals surface area contributed by atoms with E-state index in [1.54, 1.807) is 31.5 Å². The summed E-state index contributed by atoms with van der Waals surface area (Å²) in [7, 11) is -1.85. The molecule has 1 N–H and O–H groups in total. The van der Waals surface area contributed by atoms with Gasteiger partial charge in [-0.25, -0.2) is 13.4 Å². The van der Waals surface area contributed by atoms with Gasteiger partial charge >= 0.3 is 0 Å². The Morgan fingerprint density at radius 3 is 2.40 bits per heavy atom. The van der Waals surface area contributed by atoms with Crippen LogP contribution in [0.3, 0.4) is 0 Å². The molecule has 0 aliphatic rings. The maximum atomic E-state index is 13.0. The molecule has 0 fully saturated rings. The number of aryl methyl sites for hydroxylation is 3. The van der Waals surface area contributed by atoms with Crippen LogP contribution in [0.5, 0.6) is 0 Å². The lowest BCUT2D eigenvalue weighted by Crippen LogP contribution is -2.31. The van der Waals surface area contributed by atoms with Crippen molar-refractivity contribution in [1.82, 2.24) is 14.3 Å². The number of hydrogen-bond acceptors (Lipinski definition) is 3. The molecule has 25 heavy (non-hydrogen) atoms. The van der Waals surface area contributed by atoms with Gasteiger partial charge in [-0.1, -0.05) is 48.0 Å². The summed E-state index contributed by atoms with van der Waals surface area (Å²) < 4.78 is 30.7. The average molecular weight is 355 g/mol. The minimum absolute atomic E-state index is 0.285. The minimum Gasteiger partial charge on any atom is -0.336 e. The van der Waals surface area contributed by atoms with E-state index in [2.05, 4.69) is 9.71 Å². The Labute approximate surface area is 148 Å². The van der Waals surface area contributed by atoms with E-state index >= 15 is 0 Å². The van der Waals surface area contributed by atoms with Crippen molar-refractivity contribution in [3.05, 3.63) is 83.4 Å². The van der Waals surface area contributed by atoms with Crippen molar-refractivity contribution in [2.24, 2.45) is 7.05 Å². The Hall–Kier alpha value is -2.44. The zero-order valence-electron chi connectivity index (χ0n) is 14.5. The van der Waals surface area contributed by atoms with Crippen LogP contribution < -0.4 is 4.72 Å². The maximum Gasteiger partial charge on any atom is 0.241 e. The molecule has 2 aromatic carbocycles. The van der Waals surface area contributed by atoms with E-state index in [4.69, 9.17) is 0 Å². The number of nitrogens with one attached hydrogen (secondary N) is 1. The highest BCUT2D eigenvalue weighted by atomic mass is 32.2. The summed E-state index contributed by atoms with van der Waals surface area (Å²) in [6, 6.07) is 14.2. The quantitative estimate of drug-likeness (QED) is 0.765. The third-order valence-electron chi connectivity index (χ3n) is 4.14. The van der Waals surface area contributed by atoms with Crippen molar-refractivity contribution in [2.75, 3.05) is 0 Å². The number of imidazole rings is 1. The van der Waals surface area contributed by atoms with E-state index < -0.39 is 16.1 Å². The van der Waals surface area contributed by atoms with Gasteiger partial charge in [-0.05, 0) is 31.0 Å². The molecule has 130 valence electrons. The second-order valence-electron chi connectivity index (χ2n) is 6.13. The van der Waals surface area contributed by atoms with Crippen LogP contribution in [0, 0.1) is 13.8 Å². The highest BCUT2D eigenvalue weighted by Gasteiger charge is 2.26. The number of aromatic nitrogens is 2. The average Bonchev–Trinajstić information content (AvgIpc) is 2.99. The fourth-order valence-corrected chi connectivity index (χ4v) is 4.30. The number of nitrogens with zero attached hydrogens (tertiary/aromatic N) is 2. The first kappa shape index (κ1) is 17.4. The van der Waals surface area contributed by atoms with Gasteiger partial charge < -0.3 is 4.57 Å². The van der Waals surface area contributed by atoms with Crippen LogP contribution in [-0.4, -0.2) is 18.0 Å². The van der Waals surface area contributed by atoms with Gasteiger partial charge in [0.05, 0.1) is 4.90 Å². The molecule has 0 saturated carbocycles. The Morgan fingerprint density at radius 2 is 1.80 bits per heavy atom. The van der Waals surface area contributed by atoms with Crippen LogP contribution >= 0.6 is 0 Å². The molecule has 1 atom stereocenters. The summed E-state index contributed by atoms with van der Waals surface area (Å²) >= 11 is 0. The molecule has 3 aromatic rings. The van der Waals surface area contributed by atoms with Crippen LogP contribution in [0.2, 0.25) is 0 Å². The Bertz CT molecular complexity index is 979. The Morgan fingerprint density at radius 1 is 1.08 bits per heavy atom. The second-order valence-corrected chi connectivity index (χ2v) is 7.81. The zero-order valence-corrected chi connectivity index (χ0v) is 15.3. The second kappa shape index (κ2) is 6.82. The van der Waals surface area contributed by atoms with Gasteiger partial charge in [0.2, 0.25) is 10.0 Å². The summed E-state index contributed by atoms with van der Waals surface area (Å²) in [5.74, 6) is 0.638. The number of rotatable bonds is 5. The molecule has 3 rings (SSSR count). The molecule has 0 aliphatic heterocycles. The lowest BCUT2D eigenvalue weighted by Gasteiger charge is -2.20. The molecule has 0 unspecified atom stereocenters. The first-order valence-corrected chi connectivity index (χ1v) is 9.48. The maximum absolute atomic E-state index is 13.0. The zero-order chi connectivity index (χ0) is 18.0. The number of sulfonamides is 1. The van der Waals surface area contributed by atoms with Gasteiger partial charge in [-0.2, -0.15) is 4.72 Å².